The molecule has 3 aromatic rings. The van der Waals surface area contributed by atoms with E-state index in [4.69, 9.17) is 10.5 Å². The van der Waals surface area contributed by atoms with Crippen molar-refractivity contribution < 1.29 is 22.2 Å². The maximum Gasteiger partial charge on any atom is 0.338 e. The molecule has 0 bridgehead atoms. The summed E-state index contributed by atoms with van der Waals surface area (Å²) in [5.41, 5.74) is 8.16. The second-order valence-corrected chi connectivity index (χ2v) is 12.6. The highest BCUT2D eigenvalue weighted by atomic mass is 32.2. The van der Waals surface area contributed by atoms with Gasteiger partial charge < -0.3 is 15.5 Å². The molecule has 9 nitrogen and oxygen atoms in total. The molecule has 36 heavy (non-hydrogen) atoms. The lowest BCUT2D eigenvalue weighted by atomic mass is 9.94. The number of nitrogens with one attached hydrogen (secondary N) is 1. The summed E-state index contributed by atoms with van der Waals surface area (Å²) < 4.78 is 44.3. The number of H-pyrrole nitrogens is 1. The number of nitrogens with zero attached hydrogens (tertiary/aromatic N) is 1. The molecule has 1 aliphatic rings. The molecule has 0 aliphatic heterocycles. The normalized spacial score (nSPS) is 18.7. The lowest BCUT2D eigenvalue weighted by molar-refractivity contribution is 0.0600. The summed E-state index contributed by atoms with van der Waals surface area (Å²) >= 11 is 0. The first-order chi connectivity index (χ1) is 16.9. The van der Waals surface area contributed by atoms with E-state index in [9.17, 15) is 22.2 Å². The van der Waals surface area contributed by atoms with Crippen LogP contribution < -0.4 is 11.3 Å². The van der Waals surface area contributed by atoms with Crippen LogP contribution in [0.5, 0.6) is 0 Å². The van der Waals surface area contributed by atoms with Crippen molar-refractivity contribution in [3.05, 3.63) is 75.9 Å². The third-order valence-electron chi connectivity index (χ3n) is 6.69. The first-order valence-corrected chi connectivity index (χ1v) is 14.2. The molecule has 2 heterocycles. The molecular formula is C25H27N3O6S2. The van der Waals surface area contributed by atoms with Crippen LogP contribution in [0.25, 0.3) is 22.0 Å². The van der Waals surface area contributed by atoms with E-state index in [2.05, 4.69) is 4.98 Å². The molecule has 2 aromatic heterocycles. The van der Waals surface area contributed by atoms with Gasteiger partial charge in [0.15, 0.2) is 0 Å². The van der Waals surface area contributed by atoms with E-state index in [1.807, 2.05) is 6.08 Å². The number of pyridine rings is 1. The first kappa shape index (κ1) is 25.6. The van der Waals surface area contributed by atoms with Crippen molar-refractivity contribution in [3.63, 3.8) is 0 Å². The zero-order valence-corrected chi connectivity index (χ0v) is 22.0. The van der Waals surface area contributed by atoms with Crippen LogP contribution >= 0.6 is 0 Å². The summed E-state index contributed by atoms with van der Waals surface area (Å²) in [6.45, 7) is 3.40. The standard InChI is InChI=1S/C25H27N3O6S2/c1-15-7-5-6-9-25(15,2)36(32,33)28-10-8-17-20(13-27-23(29)22(17)28)19-11-16(14-35(4)31)18(12-21(19)26)24(30)34-3/h5-8,10-13H,9,14,26H2,1-4H3,(H,27,29). The highest BCUT2D eigenvalue weighted by Crippen LogP contribution is 2.38. The number of esters is 1. The highest BCUT2D eigenvalue weighted by Gasteiger charge is 2.42. The van der Waals surface area contributed by atoms with Crippen molar-refractivity contribution in [1.29, 1.82) is 0 Å². The number of benzene rings is 1. The number of carbonyl (C=O) groups excluding carboxylic acids is 1. The Balaban J connectivity index is 1.97. The molecule has 0 radical (unpaired) electrons. The number of hydrogen-bond donors (Lipinski definition) is 2. The Morgan fingerprint density at radius 1 is 1.31 bits per heavy atom. The minimum absolute atomic E-state index is 0.0341. The molecule has 0 saturated heterocycles. The van der Waals surface area contributed by atoms with Crippen molar-refractivity contribution in [1.82, 2.24) is 8.96 Å². The molecule has 1 aliphatic carbocycles. The summed E-state index contributed by atoms with van der Waals surface area (Å²) in [5, 5.41) is 0.375. The number of rotatable bonds is 6. The zero-order chi connectivity index (χ0) is 26.4. The number of anilines is 1. The van der Waals surface area contributed by atoms with Gasteiger partial charge in [0.25, 0.3) is 5.56 Å². The largest absolute Gasteiger partial charge is 0.465 e. The Morgan fingerprint density at radius 2 is 2.03 bits per heavy atom. The topological polar surface area (TPSA) is 141 Å². The van der Waals surface area contributed by atoms with Gasteiger partial charge in [-0.2, -0.15) is 0 Å². The fraction of sp³-hybridized carbons (Fsp3) is 0.280. The smallest absolute Gasteiger partial charge is 0.338 e. The van der Waals surface area contributed by atoms with Crippen LogP contribution in [0.3, 0.4) is 0 Å². The number of nitrogens with two attached hydrogens (primary N) is 1. The van der Waals surface area contributed by atoms with Crippen LogP contribution in [0.4, 0.5) is 5.69 Å². The van der Waals surface area contributed by atoms with Gasteiger partial charge >= 0.3 is 5.97 Å². The average Bonchev–Trinajstić information content (AvgIpc) is 3.28. The molecule has 11 heteroatoms. The minimum atomic E-state index is -4.03. The van der Waals surface area contributed by atoms with Gasteiger partial charge in [-0.3, -0.25) is 9.00 Å². The third kappa shape index (κ3) is 4.01. The molecular weight excluding hydrogens is 502 g/mol. The van der Waals surface area contributed by atoms with Crippen molar-refractivity contribution in [3.8, 4) is 11.1 Å². The number of nitrogen functional groups attached to an aromatic ring is 1. The van der Waals surface area contributed by atoms with Crippen molar-refractivity contribution in [2.45, 2.75) is 30.8 Å². The Kier molecular flexibility index (Phi) is 6.56. The van der Waals surface area contributed by atoms with Crippen molar-refractivity contribution in [2.75, 3.05) is 19.1 Å². The molecule has 0 amide bonds. The first-order valence-electron chi connectivity index (χ1n) is 11.0. The third-order valence-corrected chi connectivity index (χ3v) is 9.85. The van der Waals surface area contributed by atoms with Crippen molar-refractivity contribution in [2.24, 2.45) is 0 Å². The molecule has 0 fully saturated rings. The van der Waals surface area contributed by atoms with Gasteiger partial charge in [-0.15, -0.1) is 0 Å². The van der Waals surface area contributed by atoms with E-state index >= 15 is 0 Å². The molecule has 0 saturated carbocycles. The Morgan fingerprint density at radius 3 is 2.67 bits per heavy atom. The van der Waals surface area contributed by atoms with E-state index in [1.165, 1.54) is 31.8 Å². The summed E-state index contributed by atoms with van der Waals surface area (Å²) in [5.74, 6) is -0.535. The SMILES string of the molecule is COC(=O)c1cc(N)c(-c2c[nH]c(=O)c3c2ccn3S(=O)(=O)C2(C)CC=CC=C2C)cc1CS(C)=O. The zero-order valence-electron chi connectivity index (χ0n) is 20.3. The Bertz CT molecular complexity index is 1650. The van der Waals surface area contributed by atoms with Crippen LogP contribution in [-0.2, 0) is 31.3 Å². The second kappa shape index (κ2) is 9.21. The van der Waals surface area contributed by atoms with Gasteiger partial charge in [0.2, 0.25) is 10.0 Å². The Hall–Kier alpha value is -3.44. The number of fused-ring (bicyclic) bond motifs is 1. The van der Waals surface area contributed by atoms with Gasteiger partial charge in [-0.05, 0) is 44.0 Å². The highest BCUT2D eigenvalue weighted by molar-refractivity contribution is 7.91. The molecule has 0 spiro atoms. The predicted molar refractivity (Wildman–Crippen MR) is 142 cm³/mol. The number of carbonyl (C=O) groups is 1. The van der Waals surface area contributed by atoms with Gasteiger partial charge in [0, 0.05) is 57.4 Å². The van der Waals surface area contributed by atoms with Crippen molar-refractivity contribution >= 4 is 43.4 Å². The summed E-state index contributed by atoms with van der Waals surface area (Å²) in [6, 6.07) is 4.63. The molecule has 2 atom stereocenters. The van der Waals surface area contributed by atoms with Gasteiger partial charge in [0.1, 0.15) is 10.3 Å². The van der Waals surface area contributed by atoms with E-state index in [0.29, 0.717) is 27.6 Å². The van der Waals surface area contributed by atoms with E-state index < -0.39 is 37.1 Å². The number of methoxy groups -OCH3 is 1. The molecule has 1 aromatic carbocycles. The number of allylic oxidation sites excluding steroid dienone is 3. The maximum absolute atomic E-state index is 13.8. The fourth-order valence-electron chi connectivity index (χ4n) is 4.46. The van der Waals surface area contributed by atoms with Crippen LogP contribution in [0.1, 0.15) is 36.2 Å². The number of aromatic nitrogens is 2. The maximum atomic E-state index is 13.8. The van der Waals surface area contributed by atoms with Crippen LogP contribution in [0.2, 0.25) is 0 Å². The summed E-state index contributed by atoms with van der Waals surface area (Å²) in [4.78, 5) is 27.9. The molecule has 2 unspecified atom stereocenters. The van der Waals surface area contributed by atoms with E-state index in [-0.39, 0.29) is 28.9 Å². The molecule has 4 rings (SSSR count). The van der Waals surface area contributed by atoms with Gasteiger partial charge in [0.05, 0.1) is 12.7 Å². The van der Waals surface area contributed by atoms with E-state index in [0.717, 1.165) is 3.97 Å². The lowest BCUT2D eigenvalue weighted by Crippen LogP contribution is -2.41. The summed E-state index contributed by atoms with van der Waals surface area (Å²) in [7, 11) is -4.05. The lowest BCUT2D eigenvalue weighted by Gasteiger charge is -2.31. The monoisotopic (exact) mass is 529 g/mol. The average molecular weight is 530 g/mol. The predicted octanol–water partition coefficient (Wildman–Crippen LogP) is 3.09. The van der Waals surface area contributed by atoms with Crippen LogP contribution in [-0.4, -0.2) is 45.7 Å². The Labute approximate surface area is 211 Å². The van der Waals surface area contributed by atoms with Crippen LogP contribution in [0.15, 0.2) is 59.2 Å². The summed E-state index contributed by atoms with van der Waals surface area (Å²) in [6.07, 6.45) is 9.96. The van der Waals surface area contributed by atoms with Gasteiger partial charge in [-0.1, -0.05) is 23.8 Å². The minimum Gasteiger partial charge on any atom is -0.465 e. The molecule has 190 valence electrons. The second-order valence-electron chi connectivity index (χ2n) is 8.93. The molecule has 3 N–H and O–H groups in total. The number of ether oxygens (including phenoxy) is 1. The fourth-order valence-corrected chi connectivity index (χ4v) is 7.00. The van der Waals surface area contributed by atoms with Crippen LogP contribution in [0, 0.1) is 0 Å². The van der Waals surface area contributed by atoms with E-state index in [1.54, 1.807) is 38.1 Å². The number of aromatic amines is 1. The quantitative estimate of drug-likeness (QED) is 0.369. The van der Waals surface area contributed by atoms with Gasteiger partial charge in [-0.25, -0.2) is 17.2 Å². The number of hydrogen-bond acceptors (Lipinski definition) is 7.